The predicted molar refractivity (Wildman–Crippen MR) is 50.9 cm³/mol. The van der Waals surface area contributed by atoms with Gasteiger partial charge in [-0.15, -0.1) is 0 Å². The van der Waals surface area contributed by atoms with Gasteiger partial charge in [0.25, 0.3) is 0 Å². The molecule has 14 heavy (non-hydrogen) atoms. The summed E-state index contributed by atoms with van der Waals surface area (Å²) in [6.45, 7) is -0.339. The molecule has 0 aliphatic heterocycles. The maximum Gasteiger partial charge on any atom is 0.323 e. The fraction of sp³-hybridized carbons (Fsp3) is 0.556. The third-order valence-electron chi connectivity index (χ3n) is 2.00. The van der Waals surface area contributed by atoms with Crippen molar-refractivity contribution in [3.63, 3.8) is 0 Å². The largest absolute Gasteiger partial charge is 0.480 e. The molecule has 5 heteroatoms. The van der Waals surface area contributed by atoms with Crippen LogP contribution < -0.4 is 10.6 Å². The number of carboxylic acid groups (broad SMARTS) is 1. The zero-order chi connectivity index (χ0) is 10.4. The number of hydrogen-bond acceptors (Lipinski definition) is 2. The van der Waals surface area contributed by atoms with Gasteiger partial charge >= 0.3 is 12.0 Å². The molecule has 1 aliphatic rings. The summed E-state index contributed by atoms with van der Waals surface area (Å²) in [5, 5.41) is 13.3. The summed E-state index contributed by atoms with van der Waals surface area (Å²) >= 11 is 0. The van der Waals surface area contributed by atoms with Crippen LogP contribution in [0.2, 0.25) is 0 Å². The molecule has 2 amide bonds. The van der Waals surface area contributed by atoms with E-state index in [-0.39, 0.29) is 12.6 Å². The number of rotatable bonds is 3. The van der Waals surface area contributed by atoms with Gasteiger partial charge in [0.05, 0.1) is 0 Å². The van der Waals surface area contributed by atoms with E-state index in [9.17, 15) is 9.59 Å². The number of carboxylic acids is 1. The monoisotopic (exact) mass is 198 g/mol. The lowest BCUT2D eigenvalue weighted by atomic mass is 10.0. The Hall–Kier alpha value is -1.52. The molecular weight excluding hydrogens is 184 g/mol. The van der Waals surface area contributed by atoms with Gasteiger partial charge in [0.1, 0.15) is 6.54 Å². The van der Waals surface area contributed by atoms with Crippen molar-refractivity contribution in [2.45, 2.75) is 25.3 Å². The van der Waals surface area contributed by atoms with E-state index in [2.05, 4.69) is 16.7 Å². The lowest BCUT2D eigenvalue weighted by Gasteiger charge is -2.19. The number of carbonyl (C=O) groups excluding carboxylic acids is 1. The Balaban J connectivity index is 2.19. The summed E-state index contributed by atoms with van der Waals surface area (Å²) in [7, 11) is 0. The second-order valence-electron chi connectivity index (χ2n) is 3.20. The van der Waals surface area contributed by atoms with E-state index >= 15 is 0 Å². The highest BCUT2D eigenvalue weighted by atomic mass is 16.4. The summed E-state index contributed by atoms with van der Waals surface area (Å²) < 4.78 is 0. The Morgan fingerprint density at radius 2 is 2.21 bits per heavy atom. The molecule has 0 aromatic heterocycles. The van der Waals surface area contributed by atoms with E-state index in [1.54, 1.807) is 0 Å². The van der Waals surface area contributed by atoms with Crippen LogP contribution in [-0.4, -0.2) is 29.7 Å². The van der Waals surface area contributed by atoms with Gasteiger partial charge in [-0.2, -0.15) is 0 Å². The number of aliphatic carboxylic acids is 1. The minimum atomic E-state index is -1.04. The summed E-state index contributed by atoms with van der Waals surface area (Å²) in [5.74, 6) is -1.04. The standard InChI is InChI=1S/C9H14N2O3/c12-8(13)6-10-9(14)11-7-4-2-1-3-5-7/h1-2,7H,3-6H2,(H,12,13)(H2,10,11,14). The van der Waals surface area contributed by atoms with Crippen LogP contribution in [0.1, 0.15) is 19.3 Å². The van der Waals surface area contributed by atoms with E-state index in [4.69, 9.17) is 5.11 Å². The van der Waals surface area contributed by atoms with Crippen LogP contribution in [-0.2, 0) is 4.79 Å². The van der Waals surface area contributed by atoms with Crippen LogP contribution in [0.4, 0.5) is 4.79 Å². The molecule has 0 aromatic carbocycles. The first-order valence-electron chi connectivity index (χ1n) is 4.59. The van der Waals surface area contributed by atoms with Crippen molar-refractivity contribution in [3.8, 4) is 0 Å². The smallest absolute Gasteiger partial charge is 0.323 e. The highest BCUT2D eigenvalue weighted by Crippen LogP contribution is 2.09. The third-order valence-corrected chi connectivity index (χ3v) is 2.00. The van der Waals surface area contributed by atoms with E-state index in [1.807, 2.05) is 6.08 Å². The molecule has 1 rings (SSSR count). The van der Waals surface area contributed by atoms with Gasteiger partial charge < -0.3 is 15.7 Å². The molecule has 0 bridgehead atoms. The van der Waals surface area contributed by atoms with E-state index < -0.39 is 12.0 Å². The van der Waals surface area contributed by atoms with Crippen molar-refractivity contribution >= 4 is 12.0 Å². The van der Waals surface area contributed by atoms with Crippen molar-refractivity contribution in [2.75, 3.05) is 6.54 Å². The SMILES string of the molecule is O=C(O)CNC(=O)NC1CC=CCC1. The molecule has 0 radical (unpaired) electrons. The van der Waals surface area contributed by atoms with Crippen molar-refractivity contribution in [1.29, 1.82) is 0 Å². The number of amides is 2. The summed E-state index contributed by atoms with van der Waals surface area (Å²) in [4.78, 5) is 21.2. The number of nitrogens with one attached hydrogen (secondary N) is 2. The van der Waals surface area contributed by atoms with E-state index in [0.29, 0.717) is 0 Å². The van der Waals surface area contributed by atoms with Gasteiger partial charge in [0.15, 0.2) is 0 Å². The van der Waals surface area contributed by atoms with Gasteiger partial charge in [-0.05, 0) is 19.3 Å². The zero-order valence-corrected chi connectivity index (χ0v) is 7.82. The van der Waals surface area contributed by atoms with Gasteiger partial charge in [-0.3, -0.25) is 4.79 Å². The second kappa shape index (κ2) is 5.26. The normalized spacial score (nSPS) is 20.1. The Morgan fingerprint density at radius 3 is 2.79 bits per heavy atom. The second-order valence-corrected chi connectivity index (χ2v) is 3.20. The summed E-state index contributed by atoms with van der Waals surface area (Å²) in [5.41, 5.74) is 0. The molecule has 3 N–H and O–H groups in total. The first kappa shape index (κ1) is 10.6. The van der Waals surface area contributed by atoms with Gasteiger partial charge in [-0.25, -0.2) is 4.79 Å². The van der Waals surface area contributed by atoms with Gasteiger partial charge in [0, 0.05) is 6.04 Å². The number of hydrogen-bond donors (Lipinski definition) is 3. The third kappa shape index (κ3) is 3.93. The predicted octanol–water partition coefficient (Wildman–Crippen LogP) is 0.479. The molecule has 0 spiro atoms. The quantitative estimate of drug-likeness (QED) is 0.577. The Bertz CT molecular complexity index is 250. The van der Waals surface area contributed by atoms with Crippen molar-refractivity contribution in [2.24, 2.45) is 0 Å². The van der Waals surface area contributed by atoms with Crippen LogP contribution in [0.3, 0.4) is 0 Å². The molecule has 1 unspecified atom stereocenters. The Morgan fingerprint density at radius 1 is 1.43 bits per heavy atom. The lowest BCUT2D eigenvalue weighted by molar-refractivity contribution is -0.135. The zero-order valence-electron chi connectivity index (χ0n) is 7.82. The van der Waals surface area contributed by atoms with Crippen LogP contribution in [0.15, 0.2) is 12.2 Å². The number of allylic oxidation sites excluding steroid dienone is 1. The highest BCUT2D eigenvalue weighted by molar-refractivity contribution is 5.79. The molecule has 78 valence electrons. The molecule has 5 nitrogen and oxygen atoms in total. The molecule has 0 saturated carbocycles. The lowest BCUT2D eigenvalue weighted by Crippen LogP contribution is -2.44. The Labute approximate surface area is 82.2 Å². The van der Waals surface area contributed by atoms with Gasteiger partial charge in [0.2, 0.25) is 0 Å². The van der Waals surface area contributed by atoms with Gasteiger partial charge in [-0.1, -0.05) is 12.2 Å². The summed E-state index contributed by atoms with van der Waals surface area (Å²) in [6.07, 6.45) is 6.79. The van der Waals surface area contributed by atoms with Crippen LogP contribution >= 0.6 is 0 Å². The van der Waals surface area contributed by atoms with Crippen molar-refractivity contribution < 1.29 is 14.7 Å². The molecule has 0 heterocycles. The number of carbonyl (C=O) groups is 2. The molecule has 1 atom stereocenters. The molecular formula is C9H14N2O3. The highest BCUT2D eigenvalue weighted by Gasteiger charge is 2.12. The molecule has 0 fully saturated rings. The average molecular weight is 198 g/mol. The maximum atomic E-state index is 11.1. The fourth-order valence-corrected chi connectivity index (χ4v) is 1.32. The average Bonchev–Trinajstić information content (AvgIpc) is 2.16. The minimum absolute atomic E-state index is 0.133. The van der Waals surface area contributed by atoms with Crippen molar-refractivity contribution in [1.82, 2.24) is 10.6 Å². The Kier molecular flexibility index (Phi) is 3.97. The van der Waals surface area contributed by atoms with Crippen LogP contribution in [0.25, 0.3) is 0 Å². The molecule has 0 aromatic rings. The van der Waals surface area contributed by atoms with E-state index in [1.165, 1.54) is 0 Å². The fourth-order valence-electron chi connectivity index (χ4n) is 1.32. The summed E-state index contributed by atoms with van der Waals surface area (Å²) in [6, 6.07) is -0.276. The topological polar surface area (TPSA) is 78.4 Å². The minimum Gasteiger partial charge on any atom is -0.480 e. The van der Waals surface area contributed by atoms with Crippen LogP contribution in [0, 0.1) is 0 Å². The molecule has 0 saturated heterocycles. The van der Waals surface area contributed by atoms with Crippen LogP contribution in [0.5, 0.6) is 0 Å². The molecule has 1 aliphatic carbocycles. The maximum absolute atomic E-state index is 11.1. The van der Waals surface area contributed by atoms with E-state index in [0.717, 1.165) is 19.3 Å². The number of urea groups is 1. The first-order valence-corrected chi connectivity index (χ1v) is 4.59. The van der Waals surface area contributed by atoms with Crippen molar-refractivity contribution in [3.05, 3.63) is 12.2 Å². The first-order chi connectivity index (χ1) is 6.68.